The van der Waals surface area contributed by atoms with E-state index in [-0.39, 0.29) is 12.1 Å². The molecule has 0 radical (unpaired) electrons. The van der Waals surface area contributed by atoms with Gasteiger partial charge in [0.15, 0.2) is 0 Å². The van der Waals surface area contributed by atoms with Gasteiger partial charge in [0.1, 0.15) is 0 Å². The van der Waals surface area contributed by atoms with E-state index in [0.717, 1.165) is 19.6 Å². The quantitative estimate of drug-likeness (QED) is 0.927. The highest BCUT2D eigenvalue weighted by molar-refractivity contribution is 5.69. The van der Waals surface area contributed by atoms with E-state index >= 15 is 0 Å². The minimum Gasteiger partial charge on any atom is -0.480 e. The van der Waals surface area contributed by atoms with Gasteiger partial charge in [0.05, 0.1) is 6.54 Å². The van der Waals surface area contributed by atoms with Crippen LogP contribution < -0.4 is 0 Å². The summed E-state index contributed by atoms with van der Waals surface area (Å²) in [6.07, 6.45) is 6.37. The fourth-order valence-corrected chi connectivity index (χ4v) is 4.47. The predicted octanol–water partition coefficient (Wildman–Crippen LogP) is 2.94. The van der Waals surface area contributed by atoms with Gasteiger partial charge in [-0.05, 0) is 25.3 Å². The van der Waals surface area contributed by atoms with E-state index in [4.69, 9.17) is 5.11 Å². The van der Waals surface area contributed by atoms with Crippen molar-refractivity contribution >= 4 is 5.97 Å². The van der Waals surface area contributed by atoms with Crippen molar-refractivity contribution in [1.82, 2.24) is 9.80 Å². The molecular weight excluding hydrogens is 288 g/mol. The maximum Gasteiger partial charge on any atom is 0.317 e. The van der Waals surface area contributed by atoms with Gasteiger partial charge in [-0.3, -0.25) is 14.6 Å². The molecule has 0 spiro atoms. The highest BCUT2D eigenvalue weighted by atomic mass is 16.4. The molecule has 1 aromatic rings. The van der Waals surface area contributed by atoms with E-state index in [1.807, 2.05) is 0 Å². The molecule has 0 unspecified atom stereocenters. The summed E-state index contributed by atoms with van der Waals surface area (Å²) in [4.78, 5) is 15.8. The number of carbonyl (C=O) groups is 1. The zero-order valence-corrected chi connectivity index (χ0v) is 14.1. The molecule has 3 rings (SSSR count). The Bertz CT molecular complexity index is 525. The summed E-state index contributed by atoms with van der Waals surface area (Å²) in [6.45, 7) is 5.10. The Morgan fingerprint density at radius 2 is 1.87 bits per heavy atom. The molecule has 1 saturated carbocycles. The fraction of sp³-hybridized carbons (Fsp3) is 0.632. The van der Waals surface area contributed by atoms with Crippen LogP contribution in [0.15, 0.2) is 30.3 Å². The Hall–Kier alpha value is -1.39. The minimum atomic E-state index is -0.722. The molecule has 4 nitrogen and oxygen atoms in total. The third-order valence-corrected chi connectivity index (χ3v) is 5.70. The number of nitrogens with zero attached hydrogens (tertiary/aromatic N) is 2. The van der Waals surface area contributed by atoms with Crippen molar-refractivity contribution < 1.29 is 9.90 Å². The molecule has 1 heterocycles. The van der Waals surface area contributed by atoms with Crippen molar-refractivity contribution in [2.45, 2.75) is 50.6 Å². The minimum absolute atomic E-state index is 0.156. The van der Waals surface area contributed by atoms with E-state index in [1.165, 1.54) is 37.7 Å². The monoisotopic (exact) mass is 316 g/mol. The number of piperazine rings is 1. The Morgan fingerprint density at radius 1 is 1.17 bits per heavy atom. The van der Waals surface area contributed by atoms with Crippen LogP contribution in [0.3, 0.4) is 0 Å². The fourth-order valence-electron chi connectivity index (χ4n) is 4.47. The smallest absolute Gasteiger partial charge is 0.317 e. The second-order valence-electron chi connectivity index (χ2n) is 7.12. The highest BCUT2D eigenvalue weighted by Gasteiger charge is 2.42. The summed E-state index contributed by atoms with van der Waals surface area (Å²) >= 11 is 0. The van der Waals surface area contributed by atoms with Gasteiger partial charge in [0.25, 0.3) is 0 Å². The summed E-state index contributed by atoms with van der Waals surface area (Å²) in [5.74, 6) is -0.722. The van der Waals surface area contributed by atoms with E-state index in [2.05, 4.69) is 47.1 Å². The molecule has 2 fully saturated rings. The van der Waals surface area contributed by atoms with Crippen LogP contribution in [0.4, 0.5) is 0 Å². The first kappa shape index (κ1) is 16.5. The topological polar surface area (TPSA) is 43.8 Å². The van der Waals surface area contributed by atoms with Crippen molar-refractivity contribution in [3.63, 3.8) is 0 Å². The number of carboxylic acid groups (broad SMARTS) is 1. The number of hydrogen-bond acceptors (Lipinski definition) is 3. The normalized spacial score (nSPS) is 26.0. The summed E-state index contributed by atoms with van der Waals surface area (Å²) < 4.78 is 0. The molecular formula is C19H28N2O2. The molecule has 4 heteroatoms. The molecule has 1 N–H and O–H groups in total. The van der Waals surface area contributed by atoms with Crippen LogP contribution in [-0.4, -0.2) is 53.1 Å². The lowest BCUT2D eigenvalue weighted by Gasteiger charge is -2.52. The van der Waals surface area contributed by atoms with Crippen LogP contribution in [-0.2, 0) is 10.3 Å². The van der Waals surface area contributed by atoms with E-state index in [1.54, 1.807) is 0 Å². The van der Waals surface area contributed by atoms with E-state index < -0.39 is 5.97 Å². The van der Waals surface area contributed by atoms with Crippen LogP contribution in [0.2, 0.25) is 0 Å². The number of carboxylic acids is 1. The molecule has 0 aromatic heterocycles. The highest BCUT2D eigenvalue weighted by Crippen LogP contribution is 2.43. The second-order valence-corrected chi connectivity index (χ2v) is 7.12. The SMILES string of the molecule is C[C@@H]1CN(C2(c3ccccc3)CCCCC2)CCN1CC(=O)O. The number of rotatable bonds is 4. The summed E-state index contributed by atoms with van der Waals surface area (Å²) in [5.41, 5.74) is 1.60. The summed E-state index contributed by atoms with van der Waals surface area (Å²) in [6, 6.07) is 11.2. The third-order valence-electron chi connectivity index (χ3n) is 5.70. The number of aliphatic carboxylic acids is 1. The number of benzene rings is 1. The molecule has 1 aromatic carbocycles. The van der Waals surface area contributed by atoms with Gasteiger partial charge >= 0.3 is 5.97 Å². The van der Waals surface area contributed by atoms with Gasteiger partial charge in [-0.1, -0.05) is 49.6 Å². The van der Waals surface area contributed by atoms with Crippen molar-refractivity contribution in [3.05, 3.63) is 35.9 Å². The van der Waals surface area contributed by atoms with Crippen LogP contribution in [0, 0.1) is 0 Å². The molecule has 1 atom stereocenters. The molecule has 23 heavy (non-hydrogen) atoms. The Kier molecular flexibility index (Phi) is 5.02. The van der Waals surface area contributed by atoms with Crippen molar-refractivity contribution in [2.24, 2.45) is 0 Å². The molecule has 1 aliphatic carbocycles. The van der Waals surface area contributed by atoms with Gasteiger partial charge in [0, 0.05) is 31.2 Å². The lowest BCUT2D eigenvalue weighted by molar-refractivity contribution is -0.140. The van der Waals surface area contributed by atoms with Crippen molar-refractivity contribution in [1.29, 1.82) is 0 Å². The molecule has 2 aliphatic rings. The van der Waals surface area contributed by atoms with Gasteiger partial charge in [-0.25, -0.2) is 0 Å². The first-order valence-corrected chi connectivity index (χ1v) is 8.88. The average Bonchev–Trinajstić information content (AvgIpc) is 2.58. The zero-order chi connectivity index (χ0) is 16.3. The second kappa shape index (κ2) is 7.02. The summed E-state index contributed by atoms with van der Waals surface area (Å²) in [7, 11) is 0. The largest absolute Gasteiger partial charge is 0.480 e. The van der Waals surface area contributed by atoms with Crippen LogP contribution in [0.1, 0.15) is 44.6 Å². The van der Waals surface area contributed by atoms with Gasteiger partial charge in [-0.15, -0.1) is 0 Å². The van der Waals surface area contributed by atoms with Gasteiger partial charge in [-0.2, -0.15) is 0 Å². The maximum absolute atomic E-state index is 11.0. The van der Waals surface area contributed by atoms with E-state index in [0.29, 0.717) is 6.04 Å². The van der Waals surface area contributed by atoms with Crippen LogP contribution in [0.5, 0.6) is 0 Å². The first-order chi connectivity index (χ1) is 11.1. The van der Waals surface area contributed by atoms with Gasteiger partial charge in [0.2, 0.25) is 0 Å². The van der Waals surface area contributed by atoms with Crippen LogP contribution in [0.25, 0.3) is 0 Å². The molecule has 1 saturated heterocycles. The standard InChI is InChI=1S/C19H28N2O2/c1-16-14-21(13-12-20(16)15-18(22)23)19(10-6-3-7-11-19)17-8-4-2-5-9-17/h2,4-5,8-9,16H,3,6-7,10-15H2,1H3,(H,22,23)/t16-/m1/s1. The van der Waals surface area contributed by atoms with Crippen LogP contribution >= 0.6 is 0 Å². The summed E-state index contributed by atoms with van der Waals surface area (Å²) in [5, 5.41) is 9.07. The predicted molar refractivity (Wildman–Crippen MR) is 91.4 cm³/mol. The molecule has 126 valence electrons. The molecule has 0 amide bonds. The Balaban J connectivity index is 1.80. The maximum atomic E-state index is 11.0. The lowest BCUT2D eigenvalue weighted by atomic mass is 9.74. The van der Waals surface area contributed by atoms with E-state index in [9.17, 15) is 4.79 Å². The van der Waals surface area contributed by atoms with Gasteiger partial charge < -0.3 is 5.11 Å². The number of hydrogen-bond donors (Lipinski definition) is 1. The van der Waals surface area contributed by atoms with Crippen molar-refractivity contribution in [3.8, 4) is 0 Å². The Labute approximate surface area is 139 Å². The molecule has 1 aliphatic heterocycles. The molecule has 0 bridgehead atoms. The zero-order valence-electron chi connectivity index (χ0n) is 14.1. The lowest BCUT2D eigenvalue weighted by Crippen LogP contribution is -2.59. The third kappa shape index (κ3) is 3.43. The average molecular weight is 316 g/mol. The first-order valence-electron chi connectivity index (χ1n) is 8.88. The Morgan fingerprint density at radius 3 is 2.48 bits per heavy atom. The van der Waals surface area contributed by atoms with Crippen molar-refractivity contribution in [2.75, 3.05) is 26.2 Å².